The maximum Gasteiger partial charge on any atom is 0.255 e. The molecule has 0 bridgehead atoms. The summed E-state index contributed by atoms with van der Waals surface area (Å²) in [4.78, 5) is 14.3. The molecule has 1 fully saturated rings. The normalized spacial score (nSPS) is 20.4. The van der Waals surface area contributed by atoms with E-state index in [2.05, 4.69) is 28.2 Å². The number of hydrogen-bond donors (Lipinski definition) is 1. The first kappa shape index (κ1) is 12.6. The zero-order chi connectivity index (χ0) is 12.4. The van der Waals surface area contributed by atoms with Crippen molar-refractivity contribution in [1.82, 2.24) is 10.2 Å². The van der Waals surface area contributed by atoms with Gasteiger partial charge in [0.15, 0.2) is 0 Å². The first-order valence-corrected chi connectivity index (χ1v) is 6.66. The molecule has 1 aromatic rings. The summed E-state index contributed by atoms with van der Waals surface area (Å²) < 4.78 is 0.883. The van der Waals surface area contributed by atoms with Crippen LogP contribution in [0.1, 0.15) is 22.8 Å². The van der Waals surface area contributed by atoms with Crippen molar-refractivity contribution in [3.8, 4) is 0 Å². The largest absolute Gasteiger partial charge is 0.336 e. The van der Waals surface area contributed by atoms with Crippen LogP contribution in [0.3, 0.4) is 0 Å². The second kappa shape index (κ2) is 5.19. The van der Waals surface area contributed by atoms with E-state index in [9.17, 15) is 4.79 Å². The number of rotatable bonds is 1. The maximum absolute atomic E-state index is 12.3. The third kappa shape index (κ3) is 2.87. The molecule has 0 spiro atoms. The Hall–Kier alpha value is -0.870. The number of nitrogens with one attached hydrogen (secondary N) is 1. The molecule has 2 rings (SSSR count). The van der Waals surface area contributed by atoms with Crippen LogP contribution in [0.2, 0.25) is 0 Å². The highest BCUT2D eigenvalue weighted by molar-refractivity contribution is 9.10. The second-order valence-electron chi connectivity index (χ2n) is 4.59. The fraction of sp³-hybridized carbons (Fsp3) is 0.462. The quantitative estimate of drug-likeness (QED) is 0.862. The van der Waals surface area contributed by atoms with Crippen LogP contribution in [-0.2, 0) is 0 Å². The van der Waals surface area contributed by atoms with Crippen LogP contribution in [0.25, 0.3) is 0 Å². The van der Waals surface area contributed by atoms with Gasteiger partial charge in [0.1, 0.15) is 0 Å². The highest BCUT2D eigenvalue weighted by Gasteiger charge is 2.22. The maximum atomic E-state index is 12.3. The second-order valence-corrected chi connectivity index (χ2v) is 5.44. The van der Waals surface area contributed by atoms with Crippen molar-refractivity contribution in [2.75, 3.05) is 19.6 Å². The van der Waals surface area contributed by atoms with Gasteiger partial charge in [-0.2, -0.15) is 0 Å². The van der Waals surface area contributed by atoms with Gasteiger partial charge in [-0.3, -0.25) is 4.79 Å². The average Bonchev–Trinajstić information content (AvgIpc) is 2.28. The van der Waals surface area contributed by atoms with Crippen LogP contribution in [0.5, 0.6) is 0 Å². The predicted octanol–water partition coefficient (Wildman–Crippen LogP) is 2.19. The van der Waals surface area contributed by atoms with E-state index in [1.165, 1.54) is 0 Å². The Balaban J connectivity index is 2.18. The van der Waals surface area contributed by atoms with Gasteiger partial charge in [-0.25, -0.2) is 0 Å². The van der Waals surface area contributed by atoms with Crippen molar-refractivity contribution in [2.45, 2.75) is 19.9 Å². The van der Waals surface area contributed by atoms with Crippen LogP contribution in [0, 0.1) is 6.92 Å². The molecule has 3 nitrogen and oxygen atoms in total. The van der Waals surface area contributed by atoms with Gasteiger partial charge in [0, 0.05) is 30.1 Å². The molecule has 1 aliphatic rings. The smallest absolute Gasteiger partial charge is 0.255 e. The molecule has 0 radical (unpaired) electrons. The summed E-state index contributed by atoms with van der Waals surface area (Å²) in [6.07, 6.45) is 0. The Morgan fingerprint density at radius 1 is 1.53 bits per heavy atom. The van der Waals surface area contributed by atoms with Crippen molar-refractivity contribution in [2.24, 2.45) is 0 Å². The first-order chi connectivity index (χ1) is 8.08. The van der Waals surface area contributed by atoms with Crippen molar-refractivity contribution in [3.63, 3.8) is 0 Å². The summed E-state index contributed by atoms with van der Waals surface area (Å²) >= 11 is 3.47. The number of amides is 1. The van der Waals surface area contributed by atoms with Crippen LogP contribution in [-0.4, -0.2) is 36.5 Å². The van der Waals surface area contributed by atoms with Crippen LogP contribution < -0.4 is 5.32 Å². The van der Waals surface area contributed by atoms with E-state index in [1.54, 1.807) is 0 Å². The van der Waals surface area contributed by atoms with E-state index in [-0.39, 0.29) is 5.91 Å². The molecule has 0 unspecified atom stereocenters. The van der Waals surface area contributed by atoms with Gasteiger partial charge in [0.05, 0.1) is 5.56 Å². The zero-order valence-electron chi connectivity index (χ0n) is 10.2. The number of hydrogen-bond acceptors (Lipinski definition) is 2. The molecule has 0 aliphatic carbocycles. The lowest BCUT2D eigenvalue weighted by atomic mass is 10.1. The molecular formula is C13H17BrN2O. The molecule has 1 saturated heterocycles. The van der Waals surface area contributed by atoms with Gasteiger partial charge < -0.3 is 10.2 Å². The minimum atomic E-state index is 0.116. The van der Waals surface area contributed by atoms with E-state index in [0.717, 1.165) is 35.2 Å². The van der Waals surface area contributed by atoms with E-state index in [4.69, 9.17) is 0 Å². The minimum absolute atomic E-state index is 0.116. The van der Waals surface area contributed by atoms with E-state index in [0.29, 0.717) is 6.04 Å². The average molecular weight is 297 g/mol. The van der Waals surface area contributed by atoms with Gasteiger partial charge in [0.25, 0.3) is 5.91 Å². The monoisotopic (exact) mass is 296 g/mol. The van der Waals surface area contributed by atoms with Gasteiger partial charge in [-0.1, -0.05) is 6.07 Å². The van der Waals surface area contributed by atoms with Gasteiger partial charge >= 0.3 is 0 Å². The zero-order valence-corrected chi connectivity index (χ0v) is 11.8. The number of benzene rings is 1. The van der Waals surface area contributed by atoms with Crippen molar-refractivity contribution in [3.05, 3.63) is 33.8 Å². The van der Waals surface area contributed by atoms with Crippen molar-refractivity contribution < 1.29 is 4.79 Å². The van der Waals surface area contributed by atoms with E-state index >= 15 is 0 Å². The van der Waals surface area contributed by atoms with Crippen LogP contribution in [0.4, 0.5) is 0 Å². The summed E-state index contributed by atoms with van der Waals surface area (Å²) in [7, 11) is 0. The van der Waals surface area contributed by atoms with E-state index < -0.39 is 0 Å². The fourth-order valence-corrected chi connectivity index (χ4v) is 2.74. The Bertz CT molecular complexity index is 433. The van der Waals surface area contributed by atoms with Crippen LogP contribution >= 0.6 is 15.9 Å². The number of piperazine rings is 1. The molecule has 1 atom stereocenters. The fourth-order valence-electron chi connectivity index (χ4n) is 2.08. The summed E-state index contributed by atoms with van der Waals surface area (Å²) in [5.74, 6) is 0.116. The van der Waals surface area contributed by atoms with Gasteiger partial charge in [-0.15, -0.1) is 0 Å². The number of aryl methyl sites for hydroxylation is 1. The van der Waals surface area contributed by atoms with Crippen LogP contribution in [0.15, 0.2) is 22.7 Å². The molecule has 17 heavy (non-hydrogen) atoms. The molecule has 1 aromatic carbocycles. The number of carbonyl (C=O) groups excluding carboxylic acids is 1. The third-order valence-electron chi connectivity index (χ3n) is 3.01. The Labute approximate surface area is 110 Å². The Kier molecular flexibility index (Phi) is 3.84. The lowest BCUT2D eigenvalue weighted by Crippen LogP contribution is -2.51. The summed E-state index contributed by atoms with van der Waals surface area (Å²) in [5.41, 5.74) is 1.91. The molecule has 1 N–H and O–H groups in total. The lowest BCUT2D eigenvalue weighted by Gasteiger charge is -2.32. The summed E-state index contributed by atoms with van der Waals surface area (Å²) in [6.45, 7) is 6.55. The number of halogens is 1. The number of nitrogens with zero attached hydrogens (tertiary/aromatic N) is 1. The summed E-state index contributed by atoms with van der Waals surface area (Å²) in [5, 5.41) is 3.34. The summed E-state index contributed by atoms with van der Waals surface area (Å²) in [6, 6.07) is 6.23. The lowest BCUT2D eigenvalue weighted by molar-refractivity contribution is 0.0708. The Morgan fingerprint density at radius 3 is 2.94 bits per heavy atom. The Morgan fingerprint density at radius 2 is 2.29 bits per heavy atom. The van der Waals surface area contributed by atoms with Gasteiger partial charge in [0.2, 0.25) is 0 Å². The van der Waals surface area contributed by atoms with Gasteiger partial charge in [-0.05, 0) is 47.5 Å². The molecule has 92 valence electrons. The third-order valence-corrected chi connectivity index (χ3v) is 3.67. The molecule has 1 amide bonds. The molecule has 1 aliphatic heterocycles. The molecule has 0 aromatic heterocycles. The van der Waals surface area contributed by atoms with Crippen molar-refractivity contribution in [1.29, 1.82) is 0 Å². The standard InChI is InChI=1S/C13H17BrN2O/c1-9-3-4-11(12(14)7-9)13(17)16-6-5-15-10(2)8-16/h3-4,7,10,15H,5-6,8H2,1-2H3/t10-/m1/s1. The molecular weight excluding hydrogens is 280 g/mol. The number of carbonyl (C=O) groups is 1. The molecule has 4 heteroatoms. The highest BCUT2D eigenvalue weighted by atomic mass is 79.9. The van der Waals surface area contributed by atoms with Crippen molar-refractivity contribution >= 4 is 21.8 Å². The predicted molar refractivity (Wildman–Crippen MR) is 72.2 cm³/mol. The first-order valence-electron chi connectivity index (χ1n) is 5.87. The molecule has 0 saturated carbocycles. The minimum Gasteiger partial charge on any atom is -0.336 e. The van der Waals surface area contributed by atoms with E-state index in [1.807, 2.05) is 30.0 Å². The topological polar surface area (TPSA) is 32.3 Å². The SMILES string of the molecule is Cc1ccc(C(=O)N2CCN[C@H](C)C2)c(Br)c1. The highest BCUT2D eigenvalue weighted by Crippen LogP contribution is 2.20. The molecule has 1 heterocycles.